The summed E-state index contributed by atoms with van der Waals surface area (Å²) in [5, 5.41) is 8.66. The van der Waals surface area contributed by atoms with Crippen LogP contribution in [0, 0.1) is 29.6 Å². The number of halogens is 1. The summed E-state index contributed by atoms with van der Waals surface area (Å²) in [4.78, 5) is 12.2. The molecule has 0 saturated heterocycles. The number of esters is 1. The largest absolute Gasteiger partial charge is 0.441 e. The number of carbonyl (C=O) groups excluding carboxylic acids is 1. The highest BCUT2D eigenvalue weighted by molar-refractivity contribution is 5.79. The van der Waals surface area contributed by atoms with Crippen molar-refractivity contribution in [2.75, 3.05) is 6.61 Å². The normalized spacial score (nSPS) is 24.7. The van der Waals surface area contributed by atoms with Crippen molar-refractivity contribution in [1.29, 1.82) is 0 Å². The molecule has 0 amide bonds. The van der Waals surface area contributed by atoms with Crippen molar-refractivity contribution < 1.29 is 19.0 Å². The molecule has 1 aliphatic carbocycles. The summed E-state index contributed by atoms with van der Waals surface area (Å²) in [5.74, 6) is 0.737. The zero-order valence-corrected chi connectivity index (χ0v) is 13.0. The number of allylic oxidation sites excluding steroid dienone is 2. The highest BCUT2D eigenvalue weighted by Gasteiger charge is 2.61. The molecule has 4 heteroatoms. The molecule has 116 valence electrons. The van der Waals surface area contributed by atoms with Crippen LogP contribution in [0.1, 0.15) is 34.1 Å². The number of hydrogen-bond donors (Lipinski definition) is 1. The fourth-order valence-electron chi connectivity index (χ4n) is 2.47. The van der Waals surface area contributed by atoms with Gasteiger partial charge in [-0.15, -0.1) is 6.42 Å². The fraction of sp³-hybridized carbons (Fsp3) is 0.588. The molecule has 1 rings (SSSR count). The first-order chi connectivity index (χ1) is 9.75. The Kier molecular flexibility index (Phi) is 5.74. The molecular weight excluding hydrogens is 271 g/mol. The van der Waals surface area contributed by atoms with Crippen LogP contribution in [-0.2, 0) is 9.53 Å². The number of aliphatic hydroxyl groups excluding tert-OH is 1. The summed E-state index contributed by atoms with van der Waals surface area (Å²) < 4.78 is 18.8. The minimum atomic E-state index is -1.31. The zero-order valence-electron chi connectivity index (χ0n) is 13.0. The molecule has 0 aromatic heterocycles. The lowest BCUT2D eigenvalue weighted by molar-refractivity contribution is -0.148. The van der Waals surface area contributed by atoms with E-state index in [1.54, 1.807) is 0 Å². The molecule has 0 aliphatic heterocycles. The van der Waals surface area contributed by atoms with Crippen LogP contribution >= 0.6 is 0 Å². The van der Waals surface area contributed by atoms with Gasteiger partial charge in [0.1, 0.15) is 5.83 Å². The first-order valence-electron chi connectivity index (χ1n) is 7.03. The third-order valence-electron chi connectivity index (χ3n) is 3.78. The molecule has 0 bridgehead atoms. The first-order valence-corrected chi connectivity index (χ1v) is 7.03. The van der Waals surface area contributed by atoms with E-state index in [0.29, 0.717) is 0 Å². The average molecular weight is 294 g/mol. The van der Waals surface area contributed by atoms with Gasteiger partial charge in [0.25, 0.3) is 0 Å². The molecule has 0 heterocycles. The van der Waals surface area contributed by atoms with Crippen molar-refractivity contribution in [2.24, 2.45) is 17.3 Å². The SMILES string of the molecule is C#CC(OC(=O)C1C(C=C(C)C)C1(C)C)C(F)=CCCO. The molecule has 21 heavy (non-hydrogen) atoms. The van der Waals surface area contributed by atoms with E-state index in [0.717, 1.165) is 11.6 Å². The maximum Gasteiger partial charge on any atom is 0.311 e. The van der Waals surface area contributed by atoms with E-state index < -0.39 is 17.9 Å². The van der Waals surface area contributed by atoms with Gasteiger partial charge < -0.3 is 9.84 Å². The van der Waals surface area contributed by atoms with Crippen LogP contribution < -0.4 is 0 Å². The van der Waals surface area contributed by atoms with Crippen LogP contribution in [-0.4, -0.2) is 23.8 Å². The Hall–Kier alpha value is -1.60. The van der Waals surface area contributed by atoms with Crippen LogP contribution in [0.15, 0.2) is 23.6 Å². The van der Waals surface area contributed by atoms with Crippen LogP contribution in [0.5, 0.6) is 0 Å². The summed E-state index contributed by atoms with van der Waals surface area (Å²) in [6.07, 6.45) is 7.22. The molecule has 1 N–H and O–H groups in total. The average Bonchev–Trinajstić information content (AvgIpc) is 2.93. The molecule has 0 aromatic carbocycles. The standard InChI is InChI=1S/C17H23FO3/c1-6-14(13(18)8-7-9-19)21-16(20)15-12(10-11(2)3)17(15,4)5/h1,8,10,12,14-15,19H,7,9H2,2-5H3. The van der Waals surface area contributed by atoms with E-state index in [2.05, 4.69) is 5.92 Å². The van der Waals surface area contributed by atoms with Crippen molar-refractivity contribution in [3.8, 4) is 12.3 Å². The van der Waals surface area contributed by atoms with Crippen molar-refractivity contribution in [3.05, 3.63) is 23.6 Å². The minimum Gasteiger partial charge on any atom is -0.441 e. The van der Waals surface area contributed by atoms with Crippen LogP contribution in [0.25, 0.3) is 0 Å². The lowest BCUT2D eigenvalue weighted by Crippen LogP contribution is -2.20. The second-order valence-corrected chi connectivity index (χ2v) is 6.15. The quantitative estimate of drug-likeness (QED) is 0.465. The molecule has 1 saturated carbocycles. The molecule has 1 fully saturated rings. The Labute approximate surface area is 125 Å². The van der Waals surface area contributed by atoms with Gasteiger partial charge in [0, 0.05) is 6.61 Å². The van der Waals surface area contributed by atoms with Gasteiger partial charge in [0.05, 0.1) is 5.92 Å². The molecular formula is C17H23FO3. The van der Waals surface area contributed by atoms with Crippen LogP contribution in [0.3, 0.4) is 0 Å². The third-order valence-corrected chi connectivity index (χ3v) is 3.78. The highest BCUT2D eigenvalue weighted by atomic mass is 19.1. The topological polar surface area (TPSA) is 46.5 Å². The minimum absolute atomic E-state index is 0.0953. The monoisotopic (exact) mass is 294 g/mol. The molecule has 3 unspecified atom stereocenters. The maximum absolute atomic E-state index is 13.7. The van der Waals surface area contributed by atoms with Gasteiger partial charge in [-0.1, -0.05) is 31.4 Å². The molecule has 3 atom stereocenters. The number of terminal acetylenes is 1. The third kappa shape index (κ3) is 4.18. The second-order valence-electron chi connectivity index (χ2n) is 6.15. The van der Waals surface area contributed by atoms with Gasteiger partial charge in [-0.05, 0) is 37.7 Å². The Balaban J connectivity index is 2.73. The van der Waals surface area contributed by atoms with E-state index in [1.165, 1.54) is 0 Å². The summed E-state index contributed by atoms with van der Waals surface area (Å²) in [6, 6.07) is 0. The summed E-state index contributed by atoms with van der Waals surface area (Å²) in [7, 11) is 0. The number of aliphatic hydroxyl groups is 1. The lowest BCUT2D eigenvalue weighted by atomic mass is 10.1. The van der Waals surface area contributed by atoms with E-state index in [-0.39, 0.29) is 30.3 Å². The number of ether oxygens (including phenoxy) is 1. The highest BCUT2D eigenvalue weighted by Crippen LogP contribution is 2.59. The summed E-state index contributed by atoms with van der Waals surface area (Å²) in [5.41, 5.74) is 0.935. The molecule has 3 nitrogen and oxygen atoms in total. The van der Waals surface area contributed by atoms with E-state index >= 15 is 0 Å². The molecule has 1 aliphatic rings. The van der Waals surface area contributed by atoms with Crippen LogP contribution in [0.4, 0.5) is 4.39 Å². The molecule has 0 radical (unpaired) electrons. The van der Waals surface area contributed by atoms with Gasteiger partial charge in [-0.25, -0.2) is 4.39 Å². The number of hydrogen-bond acceptors (Lipinski definition) is 3. The van der Waals surface area contributed by atoms with Gasteiger partial charge in [-0.2, -0.15) is 0 Å². The Morgan fingerprint density at radius 2 is 2.14 bits per heavy atom. The lowest BCUT2D eigenvalue weighted by Gasteiger charge is -2.11. The number of carbonyl (C=O) groups is 1. The van der Waals surface area contributed by atoms with E-state index in [1.807, 2.05) is 33.8 Å². The fourth-order valence-corrected chi connectivity index (χ4v) is 2.47. The van der Waals surface area contributed by atoms with Gasteiger partial charge in [0.15, 0.2) is 0 Å². The van der Waals surface area contributed by atoms with Crippen LogP contribution in [0.2, 0.25) is 0 Å². The first kappa shape index (κ1) is 17.5. The van der Waals surface area contributed by atoms with Gasteiger partial charge in [-0.3, -0.25) is 4.79 Å². The summed E-state index contributed by atoms with van der Waals surface area (Å²) >= 11 is 0. The predicted octanol–water partition coefficient (Wildman–Crippen LogP) is 3.01. The Morgan fingerprint density at radius 1 is 1.52 bits per heavy atom. The van der Waals surface area contributed by atoms with Crippen molar-refractivity contribution in [2.45, 2.75) is 40.2 Å². The maximum atomic E-state index is 13.7. The number of rotatable bonds is 6. The van der Waals surface area contributed by atoms with Gasteiger partial charge in [0.2, 0.25) is 6.10 Å². The second kappa shape index (κ2) is 6.91. The molecule has 0 aromatic rings. The Bertz CT molecular complexity index is 493. The van der Waals surface area contributed by atoms with Gasteiger partial charge >= 0.3 is 5.97 Å². The summed E-state index contributed by atoms with van der Waals surface area (Å²) in [6.45, 7) is 7.71. The van der Waals surface area contributed by atoms with Crippen molar-refractivity contribution in [1.82, 2.24) is 0 Å². The Morgan fingerprint density at radius 3 is 2.62 bits per heavy atom. The van der Waals surface area contributed by atoms with E-state index in [9.17, 15) is 9.18 Å². The van der Waals surface area contributed by atoms with Crippen molar-refractivity contribution >= 4 is 5.97 Å². The predicted molar refractivity (Wildman–Crippen MR) is 79.8 cm³/mol. The smallest absolute Gasteiger partial charge is 0.311 e. The zero-order chi connectivity index (χ0) is 16.2. The van der Waals surface area contributed by atoms with Crippen molar-refractivity contribution in [3.63, 3.8) is 0 Å². The molecule has 0 spiro atoms. The van der Waals surface area contributed by atoms with E-state index in [4.69, 9.17) is 16.3 Å².